The molecule has 0 aromatic heterocycles. The Bertz CT molecular complexity index is 742. The lowest BCUT2D eigenvalue weighted by Gasteiger charge is -2.28. The largest absolute Gasteiger partial charge is 0.454 e. The quantitative estimate of drug-likeness (QED) is 0.911. The summed E-state index contributed by atoms with van der Waals surface area (Å²) in [6, 6.07) is 15.9. The summed E-state index contributed by atoms with van der Waals surface area (Å²) in [5, 5.41) is 3.09. The predicted octanol–water partition coefficient (Wildman–Crippen LogP) is 2.98. The van der Waals surface area contributed by atoms with Crippen molar-refractivity contribution in [3.63, 3.8) is 0 Å². The van der Waals surface area contributed by atoms with Gasteiger partial charge in [-0.1, -0.05) is 30.3 Å². The van der Waals surface area contributed by atoms with E-state index < -0.39 is 0 Å². The smallest absolute Gasteiger partial charge is 0.251 e. The number of ether oxygens (including phenoxy) is 2. The monoisotopic (exact) mass is 338 g/mol. The van der Waals surface area contributed by atoms with Gasteiger partial charge in [-0.25, -0.2) is 0 Å². The van der Waals surface area contributed by atoms with E-state index in [-0.39, 0.29) is 18.7 Å². The molecule has 0 bridgehead atoms. The molecule has 5 nitrogen and oxygen atoms in total. The molecule has 0 saturated carbocycles. The molecule has 0 spiro atoms. The third-order valence-electron chi connectivity index (χ3n) is 4.86. The maximum absolute atomic E-state index is 12.6. The Morgan fingerprint density at radius 3 is 2.60 bits per heavy atom. The first-order chi connectivity index (χ1) is 12.3. The number of likely N-dealkylation sites (tertiary alicyclic amines) is 1. The molecule has 2 aromatic carbocycles. The van der Waals surface area contributed by atoms with Gasteiger partial charge in [-0.3, -0.25) is 9.69 Å². The van der Waals surface area contributed by atoms with Crippen LogP contribution in [-0.2, 0) is 0 Å². The number of hydrogen-bond donors (Lipinski definition) is 1. The molecule has 1 unspecified atom stereocenters. The zero-order chi connectivity index (χ0) is 17.1. The van der Waals surface area contributed by atoms with Crippen LogP contribution in [0, 0.1) is 0 Å². The van der Waals surface area contributed by atoms with Crippen molar-refractivity contribution in [2.75, 3.05) is 26.4 Å². The van der Waals surface area contributed by atoms with E-state index in [9.17, 15) is 4.79 Å². The molecule has 25 heavy (non-hydrogen) atoms. The Morgan fingerprint density at radius 1 is 1.04 bits per heavy atom. The zero-order valence-electron chi connectivity index (χ0n) is 14.1. The minimum atomic E-state index is -0.0848. The third-order valence-corrected chi connectivity index (χ3v) is 4.86. The fourth-order valence-corrected chi connectivity index (χ4v) is 3.52. The molecular formula is C20H22N2O3. The van der Waals surface area contributed by atoms with Gasteiger partial charge in [0.1, 0.15) is 0 Å². The standard InChI is InChI=1S/C20H22N2O3/c23-20(16-8-9-18-19(12-16)25-14-24-18)21-13-17(22-10-4-5-11-22)15-6-2-1-3-7-15/h1-3,6-9,12,17H,4-5,10-11,13-14H2,(H,21,23). The van der Waals surface area contributed by atoms with Gasteiger partial charge >= 0.3 is 0 Å². The number of amides is 1. The summed E-state index contributed by atoms with van der Waals surface area (Å²) < 4.78 is 10.7. The second-order valence-electron chi connectivity index (χ2n) is 6.45. The van der Waals surface area contributed by atoms with Gasteiger partial charge in [0.2, 0.25) is 6.79 Å². The normalized spacial score (nSPS) is 17.4. The van der Waals surface area contributed by atoms with Gasteiger partial charge < -0.3 is 14.8 Å². The van der Waals surface area contributed by atoms with E-state index in [0.717, 1.165) is 13.1 Å². The molecule has 2 heterocycles. The molecule has 1 atom stereocenters. The maximum Gasteiger partial charge on any atom is 0.251 e. The molecular weight excluding hydrogens is 316 g/mol. The van der Waals surface area contributed by atoms with Crippen LogP contribution in [0.25, 0.3) is 0 Å². The molecule has 1 saturated heterocycles. The molecule has 2 aliphatic heterocycles. The number of rotatable bonds is 5. The first-order valence-electron chi connectivity index (χ1n) is 8.78. The fourth-order valence-electron chi connectivity index (χ4n) is 3.52. The predicted molar refractivity (Wildman–Crippen MR) is 94.9 cm³/mol. The number of carbonyl (C=O) groups is 1. The molecule has 1 amide bonds. The van der Waals surface area contributed by atoms with Crippen LogP contribution in [0.1, 0.15) is 34.8 Å². The van der Waals surface area contributed by atoms with Crippen molar-refractivity contribution >= 4 is 5.91 Å². The summed E-state index contributed by atoms with van der Waals surface area (Å²) in [6.07, 6.45) is 2.44. The van der Waals surface area contributed by atoms with E-state index in [1.807, 2.05) is 6.07 Å². The molecule has 5 heteroatoms. The van der Waals surface area contributed by atoms with Crippen LogP contribution in [0.2, 0.25) is 0 Å². The first-order valence-corrected chi connectivity index (χ1v) is 8.78. The Labute approximate surface area is 147 Å². The third kappa shape index (κ3) is 3.46. The molecule has 0 aliphatic carbocycles. The first kappa shape index (κ1) is 16.0. The van der Waals surface area contributed by atoms with E-state index in [4.69, 9.17) is 9.47 Å². The fraction of sp³-hybridized carbons (Fsp3) is 0.350. The molecule has 130 valence electrons. The Hall–Kier alpha value is -2.53. The minimum absolute atomic E-state index is 0.0848. The van der Waals surface area contributed by atoms with Crippen molar-refractivity contribution in [3.05, 3.63) is 59.7 Å². The average molecular weight is 338 g/mol. The number of benzene rings is 2. The van der Waals surface area contributed by atoms with E-state index >= 15 is 0 Å². The van der Waals surface area contributed by atoms with Crippen LogP contribution in [-0.4, -0.2) is 37.2 Å². The van der Waals surface area contributed by atoms with Crippen molar-refractivity contribution in [3.8, 4) is 11.5 Å². The highest BCUT2D eigenvalue weighted by Crippen LogP contribution is 2.32. The number of nitrogens with one attached hydrogen (secondary N) is 1. The highest BCUT2D eigenvalue weighted by Gasteiger charge is 2.24. The number of nitrogens with zero attached hydrogens (tertiary/aromatic N) is 1. The Morgan fingerprint density at radius 2 is 1.80 bits per heavy atom. The second kappa shape index (κ2) is 7.15. The van der Waals surface area contributed by atoms with Crippen LogP contribution in [0.5, 0.6) is 11.5 Å². The van der Waals surface area contributed by atoms with Crippen LogP contribution in [0.3, 0.4) is 0 Å². The summed E-state index contributed by atoms with van der Waals surface area (Å²) >= 11 is 0. The Balaban J connectivity index is 1.46. The molecule has 2 aromatic rings. The van der Waals surface area contributed by atoms with E-state index in [2.05, 4.69) is 34.5 Å². The van der Waals surface area contributed by atoms with Crippen LogP contribution < -0.4 is 14.8 Å². The molecule has 1 N–H and O–H groups in total. The van der Waals surface area contributed by atoms with Crippen molar-refractivity contribution in [1.82, 2.24) is 10.2 Å². The molecule has 4 rings (SSSR count). The van der Waals surface area contributed by atoms with Crippen molar-refractivity contribution in [1.29, 1.82) is 0 Å². The summed E-state index contributed by atoms with van der Waals surface area (Å²) in [5.74, 6) is 1.24. The lowest BCUT2D eigenvalue weighted by atomic mass is 10.1. The van der Waals surface area contributed by atoms with E-state index in [1.165, 1.54) is 18.4 Å². The van der Waals surface area contributed by atoms with E-state index in [0.29, 0.717) is 23.6 Å². The van der Waals surface area contributed by atoms with Gasteiger partial charge in [-0.15, -0.1) is 0 Å². The van der Waals surface area contributed by atoms with Gasteiger partial charge in [0.15, 0.2) is 11.5 Å². The average Bonchev–Trinajstić information content (AvgIpc) is 3.34. The van der Waals surface area contributed by atoms with Gasteiger partial charge in [-0.2, -0.15) is 0 Å². The van der Waals surface area contributed by atoms with Crippen molar-refractivity contribution < 1.29 is 14.3 Å². The summed E-state index contributed by atoms with van der Waals surface area (Å²) in [7, 11) is 0. The van der Waals surface area contributed by atoms with E-state index in [1.54, 1.807) is 18.2 Å². The number of fused-ring (bicyclic) bond motifs is 1. The SMILES string of the molecule is O=C(NCC(c1ccccc1)N1CCCC1)c1ccc2c(c1)OCO2. The van der Waals surface area contributed by atoms with Gasteiger partial charge in [0.05, 0.1) is 6.04 Å². The van der Waals surface area contributed by atoms with Gasteiger partial charge in [0, 0.05) is 12.1 Å². The maximum atomic E-state index is 12.6. The molecule has 2 aliphatic rings. The highest BCUT2D eigenvalue weighted by molar-refractivity contribution is 5.95. The summed E-state index contributed by atoms with van der Waals surface area (Å²) in [4.78, 5) is 15.0. The molecule has 1 fully saturated rings. The van der Waals surface area contributed by atoms with Gasteiger partial charge in [-0.05, 0) is 49.7 Å². The highest BCUT2D eigenvalue weighted by atomic mass is 16.7. The zero-order valence-corrected chi connectivity index (χ0v) is 14.1. The van der Waals surface area contributed by atoms with Crippen LogP contribution in [0.4, 0.5) is 0 Å². The lowest BCUT2D eigenvalue weighted by molar-refractivity contribution is 0.0937. The lowest BCUT2D eigenvalue weighted by Crippen LogP contribution is -2.36. The molecule has 0 radical (unpaired) electrons. The second-order valence-corrected chi connectivity index (χ2v) is 6.45. The number of hydrogen-bond acceptors (Lipinski definition) is 4. The number of carbonyl (C=O) groups excluding carboxylic acids is 1. The van der Waals surface area contributed by atoms with Gasteiger partial charge in [0.25, 0.3) is 5.91 Å². The van der Waals surface area contributed by atoms with Crippen molar-refractivity contribution in [2.24, 2.45) is 0 Å². The van der Waals surface area contributed by atoms with Crippen LogP contribution in [0.15, 0.2) is 48.5 Å². The topological polar surface area (TPSA) is 50.8 Å². The minimum Gasteiger partial charge on any atom is -0.454 e. The van der Waals surface area contributed by atoms with Crippen LogP contribution >= 0.6 is 0 Å². The summed E-state index contributed by atoms with van der Waals surface area (Å²) in [6.45, 7) is 2.97. The summed E-state index contributed by atoms with van der Waals surface area (Å²) in [5.41, 5.74) is 1.84. The Kier molecular flexibility index (Phi) is 4.57. The van der Waals surface area contributed by atoms with Crippen molar-refractivity contribution in [2.45, 2.75) is 18.9 Å².